The predicted molar refractivity (Wildman–Crippen MR) is 156 cm³/mol. The Morgan fingerprint density at radius 3 is 1.86 bits per heavy atom. The summed E-state index contributed by atoms with van der Waals surface area (Å²) >= 11 is 0. The molecule has 0 bridgehead atoms. The number of benzene rings is 2. The van der Waals surface area contributed by atoms with Crippen molar-refractivity contribution in [2.45, 2.75) is 58.2 Å². The van der Waals surface area contributed by atoms with Gasteiger partial charge in [-0.25, -0.2) is 9.59 Å². The Hall–Kier alpha value is -3.51. The Morgan fingerprint density at radius 1 is 0.786 bits per heavy atom. The lowest BCUT2D eigenvalue weighted by molar-refractivity contribution is -0.187. The maximum absolute atomic E-state index is 13.0. The van der Waals surface area contributed by atoms with Gasteiger partial charge in [0.2, 0.25) is 0 Å². The van der Waals surface area contributed by atoms with Crippen LogP contribution >= 0.6 is 0 Å². The molecule has 0 aliphatic heterocycles. The molecule has 0 radical (unpaired) electrons. The summed E-state index contributed by atoms with van der Waals surface area (Å²) < 4.78 is 21.7. The SMILES string of the molecule is CC(C)(C)N(OCCOCCOCCOCCCC(=O)[C@H](Cc1ccccc1)NC(=O)OCc1ccccc1)C(=O)O. The van der Waals surface area contributed by atoms with Crippen LogP contribution in [0.15, 0.2) is 60.7 Å². The summed E-state index contributed by atoms with van der Waals surface area (Å²) in [6.45, 7) is 7.51. The summed E-state index contributed by atoms with van der Waals surface area (Å²) in [5.41, 5.74) is 1.14. The van der Waals surface area contributed by atoms with Crippen molar-refractivity contribution in [2.24, 2.45) is 0 Å². The Balaban J connectivity index is 1.58. The third-order valence-electron chi connectivity index (χ3n) is 5.86. The van der Waals surface area contributed by atoms with Gasteiger partial charge in [0.1, 0.15) is 6.61 Å². The zero-order valence-electron chi connectivity index (χ0n) is 24.8. The summed E-state index contributed by atoms with van der Waals surface area (Å²) in [5.74, 6) is -0.0922. The fourth-order valence-corrected chi connectivity index (χ4v) is 3.79. The van der Waals surface area contributed by atoms with Crippen LogP contribution in [0.4, 0.5) is 9.59 Å². The first-order valence-electron chi connectivity index (χ1n) is 14.1. The van der Waals surface area contributed by atoms with Gasteiger partial charge in [0.25, 0.3) is 0 Å². The molecule has 2 rings (SSSR count). The van der Waals surface area contributed by atoms with Crippen LogP contribution in [-0.2, 0) is 41.6 Å². The lowest BCUT2D eigenvalue weighted by atomic mass is 10.00. The first kappa shape index (κ1) is 34.7. The van der Waals surface area contributed by atoms with E-state index >= 15 is 0 Å². The second kappa shape index (κ2) is 19.6. The molecule has 1 atom stereocenters. The van der Waals surface area contributed by atoms with Crippen LogP contribution in [0.1, 0.15) is 44.7 Å². The molecule has 0 aliphatic rings. The molecule has 0 spiro atoms. The number of hydrogen-bond donors (Lipinski definition) is 2. The smallest absolute Gasteiger partial charge is 0.431 e. The normalized spacial score (nSPS) is 12.0. The number of carbonyl (C=O) groups is 3. The quantitative estimate of drug-likeness (QED) is 0.168. The minimum absolute atomic E-state index is 0.0922. The zero-order valence-corrected chi connectivity index (χ0v) is 24.8. The molecule has 11 heteroatoms. The van der Waals surface area contributed by atoms with E-state index in [9.17, 15) is 14.4 Å². The average molecular weight is 589 g/mol. The Kier molecular flexibility index (Phi) is 16.2. The molecule has 2 aromatic rings. The van der Waals surface area contributed by atoms with Crippen LogP contribution in [0.5, 0.6) is 0 Å². The number of carbonyl (C=O) groups excluding carboxylic acids is 2. The van der Waals surface area contributed by atoms with Crippen LogP contribution in [0.2, 0.25) is 0 Å². The van der Waals surface area contributed by atoms with Crippen molar-refractivity contribution < 1.29 is 43.3 Å². The molecule has 0 saturated heterocycles. The summed E-state index contributed by atoms with van der Waals surface area (Å²) in [7, 11) is 0. The number of nitrogens with zero attached hydrogens (tertiary/aromatic N) is 1. The van der Waals surface area contributed by atoms with Gasteiger partial charge >= 0.3 is 12.2 Å². The standard InChI is InChI=1S/C31H44N2O9/c1-31(2,3)33(30(36)37)42-22-21-40-20-19-39-18-17-38-16-10-15-28(34)27(23-25-11-6-4-7-12-25)32-29(35)41-24-26-13-8-5-9-14-26/h4-9,11-14,27H,10,15-24H2,1-3H3,(H,32,35)(H,36,37)/t27-/m0/s1. The molecule has 0 aromatic heterocycles. The highest BCUT2D eigenvalue weighted by Crippen LogP contribution is 2.13. The number of hydrogen-bond acceptors (Lipinski definition) is 8. The lowest BCUT2D eigenvalue weighted by Crippen LogP contribution is -2.45. The van der Waals surface area contributed by atoms with Gasteiger partial charge in [-0.05, 0) is 44.7 Å². The van der Waals surface area contributed by atoms with Crippen molar-refractivity contribution in [3.63, 3.8) is 0 Å². The number of rotatable bonds is 20. The van der Waals surface area contributed by atoms with E-state index in [0.29, 0.717) is 45.9 Å². The van der Waals surface area contributed by atoms with E-state index in [1.807, 2.05) is 60.7 Å². The third-order valence-corrected chi connectivity index (χ3v) is 5.86. The maximum Gasteiger partial charge on any atom is 0.431 e. The van der Waals surface area contributed by atoms with Gasteiger partial charge in [-0.3, -0.25) is 9.63 Å². The molecular formula is C31H44N2O9. The summed E-state index contributed by atoms with van der Waals surface area (Å²) in [4.78, 5) is 41.8. The minimum Gasteiger partial charge on any atom is -0.463 e. The number of carboxylic acid groups (broad SMARTS) is 1. The monoisotopic (exact) mass is 588 g/mol. The molecule has 2 N–H and O–H groups in total. The van der Waals surface area contributed by atoms with Gasteiger partial charge in [0.15, 0.2) is 5.78 Å². The van der Waals surface area contributed by atoms with Gasteiger partial charge in [-0.15, -0.1) is 0 Å². The molecule has 2 aromatic carbocycles. The first-order chi connectivity index (χ1) is 20.2. The second-order valence-corrected chi connectivity index (χ2v) is 10.4. The number of Topliss-reactive ketones (excluding diaryl/α,β-unsaturated/α-hetero) is 1. The average Bonchev–Trinajstić information content (AvgIpc) is 2.96. The molecule has 11 nitrogen and oxygen atoms in total. The topological polar surface area (TPSA) is 133 Å². The van der Waals surface area contributed by atoms with Gasteiger partial charge < -0.3 is 29.4 Å². The van der Waals surface area contributed by atoms with Gasteiger partial charge in [0.05, 0.1) is 51.2 Å². The Morgan fingerprint density at radius 2 is 1.31 bits per heavy atom. The molecular weight excluding hydrogens is 544 g/mol. The fourth-order valence-electron chi connectivity index (χ4n) is 3.79. The van der Waals surface area contributed by atoms with Crippen molar-refractivity contribution in [3.05, 3.63) is 71.8 Å². The van der Waals surface area contributed by atoms with Crippen molar-refractivity contribution in [2.75, 3.05) is 46.2 Å². The summed E-state index contributed by atoms with van der Waals surface area (Å²) in [6, 6.07) is 18.2. The molecule has 0 heterocycles. The third kappa shape index (κ3) is 14.9. The van der Waals surface area contributed by atoms with Gasteiger partial charge in [0, 0.05) is 13.0 Å². The molecule has 0 aliphatic carbocycles. The van der Waals surface area contributed by atoms with Crippen molar-refractivity contribution in [1.29, 1.82) is 0 Å². The molecule has 0 saturated carbocycles. The van der Waals surface area contributed by atoms with Crippen LogP contribution < -0.4 is 5.32 Å². The molecule has 232 valence electrons. The Labute approximate surface area is 248 Å². The Bertz CT molecular complexity index is 1050. The van der Waals surface area contributed by atoms with Gasteiger partial charge in [-0.1, -0.05) is 60.7 Å². The minimum atomic E-state index is -1.15. The number of ketones is 1. The van der Waals surface area contributed by atoms with Gasteiger partial charge in [-0.2, -0.15) is 5.06 Å². The fraction of sp³-hybridized carbons (Fsp3) is 0.516. The lowest BCUT2D eigenvalue weighted by Gasteiger charge is -2.31. The largest absolute Gasteiger partial charge is 0.463 e. The highest BCUT2D eigenvalue weighted by atomic mass is 16.7. The zero-order chi connectivity index (χ0) is 30.6. The van der Waals surface area contributed by atoms with Crippen molar-refractivity contribution in [1.82, 2.24) is 10.4 Å². The van der Waals surface area contributed by atoms with Crippen LogP contribution in [0.3, 0.4) is 0 Å². The number of amides is 2. The molecule has 0 fully saturated rings. The van der Waals surface area contributed by atoms with E-state index in [4.69, 9.17) is 28.9 Å². The predicted octanol–water partition coefficient (Wildman–Crippen LogP) is 4.63. The number of hydroxylamine groups is 2. The molecule has 0 unspecified atom stereocenters. The van der Waals surface area contributed by atoms with Crippen LogP contribution in [0.25, 0.3) is 0 Å². The van der Waals surface area contributed by atoms with E-state index in [2.05, 4.69) is 5.32 Å². The van der Waals surface area contributed by atoms with E-state index in [0.717, 1.165) is 16.2 Å². The van der Waals surface area contributed by atoms with Crippen LogP contribution in [-0.4, -0.2) is 86.0 Å². The number of ether oxygens (including phenoxy) is 4. The van der Waals surface area contributed by atoms with E-state index in [-0.39, 0.29) is 32.0 Å². The second-order valence-electron chi connectivity index (χ2n) is 10.4. The highest BCUT2D eigenvalue weighted by molar-refractivity contribution is 5.87. The van der Waals surface area contributed by atoms with E-state index in [1.165, 1.54) is 0 Å². The van der Waals surface area contributed by atoms with Crippen LogP contribution in [0, 0.1) is 0 Å². The van der Waals surface area contributed by atoms with Crippen molar-refractivity contribution in [3.8, 4) is 0 Å². The maximum atomic E-state index is 13.0. The highest BCUT2D eigenvalue weighted by Gasteiger charge is 2.27. The molecule has 42 heavy (non-hydrogen) atoms. The first-order valence-corrected chi connectivity index (χ1v) is 14.1. The number of alkyl carbamates (subject to hydrolysis) is 1. The van der Waals surface area contributed by atoms with E-state index in [1.54, 1.807) is 20.8 Å². The summed E-state index contributed by atoms with van der Waals surface area (Å²) in [5, 5.41) is 12.8. The van der Waals surface area contributed by atoms with E-state index < -0.39 is 23.8 Å². The number of nitrogens with one attached hydrogen (secondary N) is 1. The molecule has 2 amide bonds. The summed E-state index contributed by atoms with van der Waals surface area (Å²) in [6.07, 6.45) is -0.655. The van der Waals surface area contributed by atoms with Crippen molar-refractivity contribution >= 4 is 18.0 Å².